The topological polar surface area (TPSA) is 95.5 Å². The number of carbonyl (C=O) groups excluding carboxylic acids is 2. The van der Waals surface area contributed by atoms with Gasteiger partial charge in [0.15, 0.2) is 0 Å². The first kappa shape index (κ1) is 21.0. The molecular weight excluding hydrogens is 344 g/mol. The Balaban J connectivity index is 2.66. The van der Waals surface area contributed by atoms with Gasteiger partial charge in [-0.3, -0.25) is 14.4 Å². The zero-order chi connectivity index (χ0) is 19.2. The molecule has 138 valence electrons. The highest BCUT2D eigenvalue weighted by Crippen LogP contribution is 2.19. The van der Waals surface area contributed by atoms with Gasteiger partial charge in [-0.1, -0.05) is 25.4 Å². The third kappa shape index (κ3) is 6.38. The van der Waals surface area contributed by atoms with E-state index >= 15 is 0 Å². The van der Waals surface area contributed by atoms with Crippen LogP contribution >= 0.6 is 11.6 Å². The summed E-state index contributed by atoms with van der Waals surface area (Å²) in [6, 6.07) is 5.67. The number of nitrogens with one attached hydrogen (secondary N) is 2. The van der Waals surface area contributed by atoms with E-state index in [9.17, 15) is 14.4 Å². The van der Waals surface area contributed by atoms with Gasteiger partial charge in [-0.05, 0) is 50.5 Å². The van der Waals surface area contributed by atoms with Crippen molar-refractivity contribution in [2.24, 2.45) is 11.3 Å². The standard InChI is InChI=1S/C18H25ClN2O4/c1-11(2)14(16(23)20-10-9-18(3,4)17(24)25)21-15(22)12-5-7-13(19)8-6-12/h5-8,11,14H,9-10H2,1-4H3,(H,20,23)(H,21,22)(H,24,25). The SMILES string of the molecule is CC(C)C(NC(=O)c1ccc(Cl)cc1)C(=O)NCCC(C)(C)C(=O)O. The molecule has 0 saturated heterocycles. The molecule has 0 aromatic heterocycles. The molecule has 25 heavy (non-hydrogen) atoms. The zero-order valence-corrected chi connectivity index (χ0v) is 15.7. The number of carbonyl (C=O) groups is 3. The van der Waals surface area contributed by atoms with Crippen LogP contribution < -0.4 is 10.6 Å². The Morgan fingerprint density at radius 3 is 2.20 bits per heavy atom. The second-order valence-electron chi connectivity index (χ2n) is 6.93. The maximum Gasteiger partial charge on any atom is 0.309 e. The number of carboxylic acid groups (broad SMARTS) is 1. The van der Waals surface area contributed by atoms with Gasteiger partial charge >= 0.3 is 5.97 Å². The Morgan fingerprint density at radius 1 is 1.16 bits per heavy atom. The minimum Gasteiger partial charge on any atom is -0.481 e. The zero-order valence-electron chi connectivity index (χ0n) is 14.9. The monoisotopic (exact) mass is 368 g/mol. The highest BCUT2D eigenvalue weighted by Gasteiger charge is 2.28. The van der Waals surface area contributed by atoms with E-state index in [2.05, 4.69) is 10.6 Å². The molecular formula is C18H25ClN2O4. The smallest absolute Gasteiger partial charge is 0.309 e. The Bertz CT molecular complexity index is 626. The van der Waals surface area contributed by atoms with E-state index in [-0.39, 0.29) is 24.3 Å². The summed E-state index contributed by atoms with van der Waals surface area (Å²) in [6.45, 7) is 7.08. The van der Waals surface area contributed by atoms with E-state index < -0.39 is 17.4 Å². The maximum absolute atomic E-state index is 12.4. The van der Waals surface area contributed by atoms with Crippen LogP contribution in [0.1, 0.15) is 44.5 Å². The first-order valence-corrected chi connectivity index (χ1v) is 8.50. The summed E-state index contributed by atoms with van der Waals surface area (Å²) < 4.78 is 0. The summed E-state index contributed by atoms with van der Waals surface area (Å²) >= 11 is 5.80. The molecule has 2 amide bonds. The van der Waals surface area contributed by atoms with Gasteiger partial charge in [0.2, 0.25) is 5.91 Å². The summed E-state index contributed by atoms with van der Waals surface area (Å²) in [4.78, 5) is 35.7. The van der Waals surface area contributed by atoms with E-state index in [1.807, 2.05) is 13.8 Å². The number of benzene rings is 1. The predicted octanol–water partition coefficient (Wildman–Crippen LogP) is 2.71. The molecule has 0 saturated carbocycles. The lowest BCUT2D eigenvalue weighted by atomic mass is 9.89. The average Bonchev–Trinajstić information content (AvgIpc) is 2.52. The highest BCUT2D eigenvalue weighted by atomic mass is 35.5. The Labute approximate surface area is 152 Å². The van der Waals surface area contributed by atoms with E-state index in [1.165, 1.54) is 0 Å². The summed E-state index contributed by atoms with van der Waals surface area (Å²) in [7, 11) is 0. The molecule has 1 aromatic rings. The van der Waals surface area contributed by atoms with Crippen LogP contribution in [0.2, 0.25) is 5.02 Å². The molecule has 0 aliphatic rings. The normalized spacial score (nSPS) is 12.6. The third-order valence-electron chi connectivity index (χ3n) is 3.97. The van der Waals surface area contributed by atoms with Crippen molar-refractivity contribution in [1.29, 1.82) is 0 Å². The quantitative estimate of drug-likeness (QED) is 0.657. The Kier molecular flexibility index (Phi) is 7.42. The lowest BCUT2D eigenvalue weighted by Gasteiger charge is -2.23. The fraction of sp³-hybridized carbons (Fsp3) is 0.500. The van der Waals surface area contributed by atoms with Gasteiger partial charge in [-0.25, -0.2) is 0 Å². The van der Waals surface area contributed by atoms with Crippen molar-refractivity contribution in [1.82, 2.24) is 10.6 Å². The molecule has 0 aliphatic carbocycles. The molecule has 0 fully saturated rings. The molecule has 1 rings (SSSR count). The molecule has 7 heteroatoms. The number of aliphatic carboxylic acids is 1. The van der Waals surface area contributed by atoms with Crippen molar-refractivity contribution in [2.45, 2.75) is 40.2 Å². The van der Waals surface area contributed by atoms with Crippen LogP contribution in [0.4, 0.5) is 0 Å². The van der Waals surface area contributed by atoms with Crippen LogP contribution in [0.15, 0.2) is 24.3 Å². The predicted molar refractivity (Wildman–Crippen MR) is 96.6 cm³/mol. The number of hydrogen-bond acceptors (Lipinski definition) is 3. The molecule has 6 nitrogen and oxygen atoms in total. The molecule has 1 unspecified atom stereocenters. The van der Waals surface area contributed by atoms with E-state index in [0.29, 0.717) is 17.0 Å². The van der Waals surface area contributed by atoms with Crippen molar-refractivity contribution in [3.63, 3.8) is 0 Å². The molecule has 0 radical (unpaired) electrons. The van der Waals surface area contributed by atoms with Gasteiger partial charge in [0.05, 0.1) is 5.41 Å². The fourth-order valence-electron chi connectivity index (χ4n) is 2.08. The van der Waals surface area contributed by atoms with Crippen molar-refractivity contribution in [2.75, 3.05) is 6.54 Å². The number of hydrogen-bond donors (Lipinski definition) is 3. The molecule has 3 N–H and O–H groups in total. The van der Waals surface area contributed by atoms with E-state index in [4.69, 9.17) is 16.7 Å². The van der Waals surface area contributed by atoms with Crippen LogP contribution in [0.25, 0.3) is 0 Å². The van der Waals surface area contributed by atoms with Gasteiger partial charge in [0, 0.05) is 17.1 Å². The van der Waals surface area contributed by atoms with Crippen LogP contribution in [-0.4, -0.2) is 35.5 Å². The Hall–Kier alpha value is -2.08. The van der Waals surface area contributed by atoms with Gasteiger partial charge < -0.3 is 15.7 Å². The molecule has 0 bridgehead atoms. The summed E-state index contributed by atoms with van der Waals surface area (Å²) in [5.74, 6) is -1.74. The summed E-state index contributed by atoms with van der Waals surface area (Å²) in [5.41, 5.74) is -0.512. The largest absolute Gasteiger partial charge is 0.481 e. The van der Waals surface area contributed by atoms with Crippen LogP contribution in [-0.2, 0) is 9.59 Å². The van der Waals surface area contributed by atoms with Crippen molar-refractivity contribution in [3.05, 3.63) is 34.9 Å². The van der Waals surface area contributed by atoms with Crippen LogP contribution in [0.5, 0.6) is 0 Å². The molecule has 0 spiro atoms. The van der Waals surface area contributed by atoms with Crippen molar-refractivity contribution >= 4 is 29.4 Å². The minimum atomic E-state index is -0.923. The van der Waals surface area contributed by atoms with Crippen LogP contribution in [0, 0.1) is 11.3 Å². The molecule has 0 aliphatic heterocycles. The minimum absolute atomic E-state index is 0.122. The third-order valence-corrected chi connectivity index (χ3v) is 4.22. The molecule has 1 atom stereocenters. The van der Waals surface area contributed by atoms with Gasteiger partial charge in [0.25, 0.3) is 5.91 Å². The fourth-order valence-corrected chi connectivity index (χ4v) is 2.20. The number of halogens is 1. The Morgan fingerprint density at radius 2 is 1.72 bits per heavy atom. The van der Waals surface area contributed by atoms with Gasteiger partial charge in [-0.2, -0.15) is 0 Å². The van der Waals surface area contributed by atoms with Gasteiger partial charge in [0.1, 0.15) is 6.04 Å². The highest BCUT2D eigenvalue weighted by molar-refractivity contribution is 6.30. The lowest BCUT2D eigenvalue weighted by molar-refractivity contribution is -0.147. The van der Waals surface area contributed by atoms with Crippen molar-refractivity contribution < 1.29 is 19.5 Å². The van der Waals surface area contributed by atoms with E-state index in [1.54, 1.807) is 38.1 Å². The second-order valence-corrected chi connectivity index (χ2v) is 7.37. The van der Waals surface area contributed by atoms with Gasteiger partial charge in [-0.15, -0.1) is 0 Å². The number of carboxylic acids is 1. The summed E-state index contributed by atoms with van der Waals surface area (Å²) in [6.07, 6.45) is 0.296. The summed E-state index contributed by atoms with van der Waals surface area (Å²) in [5, 5.41) is 15.0. The maximum atomic E-state index is 12.4. The van der Waals surface area contributed by atoms with Crippen LogP contribution in [0.3, 0.4) is 0 Å². The first-order valence-electron chi connectivity index (χ1n) is 8.12. The molecule has 0 heterocycles. The average molecular weight is 369 g/mol. The molecule has 1 aromatic carbocycles. The number of rotatable bonds is 8. The first-order chi connectivity index (χ1) is 11.5. The lowest BCUT2D eigenvalue weighted by Crippen LogP contribution is -2.50. The second kappa shape index (κ2) is 8.85. The number of amides is 2. The van der Waals surface area contributed by atoms with Crippen molar-refractivity contribution in [3.8, 4) is 0 Å². The van der Waals surface area contributed by atoms with E-state index in [0.717, 1.165) is 0 Å².